The molecule has 1 unspecified atom stereocenters. The lowest BCUT2D eigenvalue weighted by Crippen LogP contribution is -2.40. The van der Waals surface area contributed by atoms with Gasteiger partial charge in [-0.2, -0.15) is 5.43 Å². The summed E-state index contributed by atoms with van der Waals surface area (Å²) in [6, 6.07) is 8.68. The average Bonchev–Trinajstić information content (AvgIpc) is 3.01. The molecular weight excluding hydrogens is 358 g/mol. The van der Waals surface area contributed by atoms with Gasteiger partial charge in [-0.05, 0) is 18.2 Å². The van der Waals surface area contributed by atoms with Gasteiger partial charge in [0.2, 0.25) is 0 Å². The summed E-state index contributed by atoms with van der Waals surface area (Å²) in [4.78, 5) is 34.8. The molecule has 10 heteroatoms. The number of carbonyl (C=O) groups excluding carboxylic acids is 2. The fourth-order valence-electron chi connectivity index (χ4n) is 2.73. The number of amides is 1. The van der Waals surface area contributed by atoms with Crippen molar-refractivity contribution < 1.29 is 28.7 Å². The highest BCUT2D eigenvalue weighted by atomic mass is 16.6. The van der Waals surface area contributed by atoms with E-state index in [1.165, 1.54) is 38.5 Å². The van der Waals surface area contributed by atoms with Crippen molar-refractivity contribution >= 4 is 17.6 Å². The summed E-state index contributed by atoms with van der Waals surface area (Å²) in [5.41, 5.74) is 5.01. The van der Waals surface area contributed by atoms with E-state index in [0.717, 1.165) is 0 Å². The molecule has 2 aromatic carbocycles. The molecule has 0 aliphatic carbocycles. The van der Waals surface area contributed by atoms with E-state index < -0.39 is 23.0 Å². The Morgan fingerprint density at radius 1 is 1.19 bits per heavy atom. The highest BCUT2D eigenvalue weighted by Gasteiger charge is 2.36. The monoisotopic (exact) mass is 373 g/mol. The minimum absolute atomic E-state index is 0.133. The van der Waals surface area contributed by atoms with E-state index in [2.05, 4.69) is 10.9 Å². The summed E-state index contributed by atoms with van der Waals surface area (Å²) in [5.74, 6) is -0.822. The zero-order chi connectivity index (χ0) is 19.6. The quantitative estimate of drug-likeness (QED) is 0.445. The minimum atomic E-state index is -0.987. The average molecular weight is 373 g/mol. The highest BCUT2D eigenvalue weighted by Crippen LogP contribution is 2.40. The third-order valence-electron chi connectivity index (χ3n) is 3.95. The number of ether oxygens (including phenoxy) is 3. The van der Waals surface area contributed by atoms with E-state index in [9.17, 15) is 19.7 Å². The molecule has 1 atom stereocenters. The normalized spacial score (nSPS) is 14.9. The molecule has 0 radical (unpaired) electrons. The number of hydrogen-bond acceptors (Lipinski definition) is 8. The molecule has 0 bridgehead atoms. The molecule has 3 rings (SSSR count). The van der Waals surface area contributed by atoms with Crippen molar-refractivity contribution in [2.24, 2.45) is 0 Å². The molecular formula is C17H15N3O7. The molecule has 140 valence electrons. The number of para-hydroxylation sites is 1. The first-order chi connectivity index (χ1) is 13.0. The lowest BCUT2D eigenvalue weighted by atomic mass is 10.1. The van der Waals surface area contributed by atoms with E-state index in [1.54, 1.807) is 12.1 Å². The van der Waals surface area contributed by atoms with E-state index in [4.69, 9.17) is 14.2 Å². The molecule has 1 aliphatic rings. The van der Waals surface area contributed by atoms with E-state index in [1.807, 2.05) is 0 Å². The van der Waals surface area contributed by atoms with Crippen LogP contribution in [-0.2, 0) is 4.74 Å². The van der Waals surface area contributed by atoms with Gasteiger partial charge < -0.3 is 14.2 Å². The Morgan fingerprint density at radius 2 is 1.93 bits per heavy atom. The number of hydrogen-bond donors (Lipinski definition) is 2. The SMILES string of the molecule is COc1ccc2c(c1OC)C(=O)OC2NNC(=O)c1ccccc1[N+](=O)[O-]. The van der Waals surface area contributed by atoms with Crippen LogP contribution in [0.25, 0.3) is 0 Å². The van der Waals surface area contributed by atoms with Crippen molar-refractivity contribution in [1.29, 1.82) is 0 Å². The lowest BCUT2D eigenvalue weighted by molar-refractivity contribution is -0.385. The third kappa shape index (κ3) is 3.25. The maximum atomic E-state index is 12.3. The van der Waals surface area contributed by atoms with Gasteiger partial charge in [0.05, 0.1) is 19.1 Å². The van der Waals surface area contributed by atoms with Gasteiger partial charge in [-0.25, -0.2) is 4.79 Å². The number of hydrazine groups is 1. The van der Waals surface area contributed by atoms with Gasteiger partial charge in [0.15, 0.2) is 17.7 Å². The summed E-state index contributed by atoms with van der Waals surface area (Å²) >= 11 is 0. The Balaban J connectivity index is 1.81. The number of carbonyl (C=O) groups is 2. The molecule has 0 saturated heterocycles. The van der Waals surface area contributed by atoms with Crippen LogP contribution in [0.1, 0.15) is 32.5 Å². The van der Waals surface area contributed by atoms with Crippen LogP contribution in [-0.4, -0.2) is 31.0 Å². The number of nitro groups is 1. The lowest BCUT2D eigenvalue weighted by Gasteiger charge is -2.14. The second-order valence-electron chi connectivity index (χ2n) is 5.42. The number of esters is 1. The smallest absolute Gasteiger partial charge is 0.344 e. The molecule has 0 aromatic heterocycles. The summed E-state index contributed by atoms with van der Waals surface area (Å²) in [7, 11) is 2.83. The van der Waals surface area contributed by atoms with E-state index >= 15 is 0 Å². The van der Waals surface area contributed by atoms with Crippen LogP contribution in [0, 0.1) is 10.1 Å². The number of rotatable bonds is 6. The van der Waals surface area contributed by atoms with Crippen molar-refractivity contribution in [3.63, 3.8) is 0 Å². The molecule has 2 aromatic rings. The summed E-state index contributed by atoms with van der Waals surface area (Å²) < 4.78 is 15.6. The first-order valence-electron chi connectivity index (χ1n) is 7.73. The second-order valence-corrected chi connectivity index (χ2v) is 5.42. The van der Waals surface area contributed by atoms with Gasteiger partial charge in [-0.1, -0.05) is 12.1 Å². The second kappa shape index (κ2) is 7.30. The number of nitrogens with zero attached hydrogens (tertiary/aromatic N) is 1. The number of benzene rings is 2. The third-order valence-corrected chi connectivity index (χ3v) is 3.95. The van der Waals surface area contributed by atoms with E-state index in [0.29, 0.717) is 11.3 Å². The molecule has 0 fully saturated rings. The summed E-state index contributed by atoms with van der Waals surface area (Å²) in [6.45, 7) is 0. The Labute approximate surface area is 153 Å². The summed E-state index contributed by atoms with van der Waals surface area (Å²) in [5, 5.41) is 11.0. The highest BCUT2D eigenvalue weighted by molar-refractivity contribution is 5.99. The van der Waals surface area contributed by atoms with Crippen LogP contribution in [0.3, 0.4) is 0 Å². The summed E-state index contributed by atoms with van der Waals surface area (Å²) in [6.07, 6.45) is -0.987. The number of nitro benzene ring substituents is 1. The van der Waals surface area contributed by atoms with Crippen LogP contribution in [0.2, 0.25) is 0 Å². The van der Waals surface area contributed by atoms with Crippen molar-refractivity contribution in [3.8, 4) is 11.5 Å². The van der Waals surface area contributed by atoms with Crippen LogP contribution in [0.4, 0.5) is 5.69 Å². The number of nitrogens with one attached hydrogen (secondary N) is 2. The van der Waals surface area contributed by atoms with Crippen molar-refractivity contribution in [3.05, 3.63) is 63.2 Å². The number of cyclic esters (lactones) is 1. The maximum Gasteiger partial charge on any atom is 0.344 e. The van der Waals surface area contributed by atoms with Gasteiger partial charge in [0.1, 0.15) is 11.1 Å². The standard InChI is InChI=1S/C17H15N3O7/c1-25-12-8-7-10-13(14(12)26-2)17(22)27-16(10)19-18-15(21)9-5-3-4-6-11(9)20(23)24/h3-8,16,19H,1-2H3,(H,18,21). The van der Waals surface area contributed by atoms with Gasteiger partial charge in [-0.15, -0.1) is 0 Å². The Morgan fingerprint density at radius 3 is 2.59 bits per heavy atom. The van der Waals surface area contributed by atoms with Gasteiger partial charge in [0, 0.05) is 11.6 Å². The molecule has 0 spiro atoms. The van der Waals surface area contributed by atoms with Gasteiger partial charge in [-0.3, -0.25) is 20.3 Å². The molecule has 2 N–H and O–H groups in total. The molecule has 0 saturated carbocycles. The van der Waals surface area contributed by atoms with Crippen molar-refractivity contribution in [2.45, 2.75) is 6.23 Å². The zero-order valence-corrected chi connectivity index (χ0v) is 14.3. The zero-order valence-electron chi connectivity index (χ0n) is 14.3. The van der Waals surface area contributed by atoms with Gasteiger partial charge >= 0.3 is 5.97 Å². The van der Waals surface area contributed by atoms with Crippen molar-refractivity contribution in [2.75, 3.05) is 14.2 Å². The molecule has 10 nitrogen and oxygen atoms in total. The number of methoxy groups -OCH3 is 2. The minimum Gasteiger partial charge on any atom is -0.493 e. The van der Waals surface area contributed by atoms with Crippen LogP contribution in [0.15, 0.2) is 36.4 Å². The van der Waals surface area contributed by atoms with Gasteiger partial charge in [0.25, 0.3) is 11.6 Å². The van der Waals surface area contributed by atoms with Crippen LogP contribution in [0.5, 0.6) is 11.5 Å². The molecule has 1 aliphatic heterocycles. The molecule has 1 heterocycles. The first kappa shape index (κ1) is 18.1. The van der Waals surface area contributed by atoms with Crippen molar-refractivity contribution in [1.82, 2.24) is 10.9 Å². The first-order valence-corrected chi connectivity index (χ1v) is 7.73. The fourth-order valence-corrected chi connectivity index (χ4v) is 2.73. The predicted octanol–water partition coefficient (Wildman–Crippen LogP) is 1.72. The van der Waals surface area contributed by atoms with Crippen LogP contribution >= 0.6 is 0 Å². The fraction of sp³-hybridized carbons (Fsp3) is 0.176. The topological polar surface area (TPSA) is 129 Å². The molecule has 27 heavy (non-hydrogen) atoms. The predicted molar refractivity (Wildman–Crippen MR) is 91.4 cm³/mol. The largest absolute Gasteiger partial charge is 0.493 e. The van der Waals surface area contributed by atoms with E-state index in [-0.39, 0.29) is 22.6 Å². The van der Waals surface area contributed by atoms with Crippen LogP contribution < -0.4 is 20.3 Å². The molecule has 1 amide bonds. The number of fused-ring (bicyclic) bond motifs is 1. The Hall–Kier alpha value is -3.66. The Bertz CT molecular complexity index is 929. The Kier molecular flexibility index (Phi) is 4.90. The maximum absolute atomic E-state index is 12.3.